The Hall–Kier alpha value is -1.35. The molecule has 0 unspecified atom stereocenters. The number of aliphatic hydroxyl groups excluding tert-OH is 1. The van der Waals surface area contributed by atoms with Gasteiger partial charge in [-0.15, -0.1) is 0 Å². The molecule has 1 aliphatic rings. The molecule has 7 heteroatoms. The number of likely N-dealkylation sites (tertiary alicyclic amines) is 1. The van der Waals surface area contributed by atoms with E-state index >= 15 is 0 Å². The van der Waals surface area contributed by atoms with E-state index in [0.717, 1.165) is 4.90 Å². The van der Waals surface area contributed by atoms with Crippen molar-refractivity contribution < 1.29 is 24.9 Å². The topological polar surface area (TPSA) is 98.1 Å². The number of carboxylic acids is 1. The van der Waals surface area contributed by atoms with Crippen LogP contribution in [0.25, 0.3) is 0 Å². The van der Waals surface area contributed by atoms with Crippen LogP contribution in [0.5, 0.6) is 5.75 Å². The number of phenolic OH excluding ortho intramolecular Hbond substituents is 1. The summed E-state index contributed by atoms with van der Waals surface area (Å²) in [7, 11) is 0. The number of amides is 1. The van der Waals surface area contributed by atoms with E-state index in [1.165, 1.54) is 12.1 Å². The summed E-state index contributed by atoms with van der Waals surface area (Å²) in [5.41, 5.74) is 0.207. The van der Waals surface area contributed by atoms with Gasteiger partial charge in [-0.05, 0) is 40.8 Å². The Bertz CT molecular complexity index is 533. The summed E-state index contributed by atoms with van der Waals surface area (Å²) in [6.45, 7) is -0.0114. The number of rotatable bonds is 2. The predicted molar refractivity (Wildman–Crippen MR) is 73.9 cm³/mol. The summed E-state index contributed by atoms with van der Waals surface area (Å²) in [6, 6.07) is 3.37. The Kier molecular flexibility index (Phi) is 3.95. The molecule has 0 aromatic heterocycles. The second-order valence-electron chi connectivity index (χ2n) is 4.37. The van der Waals surface area contributed by atoms with E-state index in [9.17, 15) is 19.8 Å². The molecule has 0 spiro atoms. The number of aliphatic carboxylic acids is 1. The maximum absolute atomic E-state index is 12.2. The molecule has 0 saturated carbocycles. The summed E-state index contributed by atoms with van der Waals surface area (Å²) in [4.78, 5) is 24.4. The van der Waals surface area contributed by atoms with Crippen LogP contribution in [0.2, 0.25) is 0 Å². The molecular formula is C12H12INO5. The highest BCUT2D eigenvalue weighted by molar-refractivity contribution is 14.1. The maximum Gasteiger partial charge on any atom is 0.326 e. The second kappa shape index (κ2) is 5.33. The summed E-state index contributed by atoms with van der Waals surface area (Å²) in [6.07, 6.45) is -0.806. The highest BCUT2D eigenvalue weighted by Crippen LogP contribution is 2.25. The van der Waals surface area contributed by atoms with E-state index in [-0.39, 0.29) is 24.3 Å². The first kappa shape index (κ1) is 14.1. The fourth-order valence-corrected chi connectivity index (χ4v) is 2.42. The van der Waals surface area contributed by atoms with E-state index in [0.29, 0.717) is 3.57 Å². The Morgan fingerprint density at radius 3 is 2.63 bits per heavy atom. The van der Waals surface area contributed by atoms with Crippen LogP contribution in [0.4, 0.5) is 0 Å². The third-order valence-electron chi connectivity index (χ3n) is 3.02. The van der Waals surface area contributed by atoms with Crippen LogP contribution in [-0.4, -0.2) is 50.8 Å². The molecule has 0 aliphatic carbocycles. The fourth-order valence-electron chi connectivity index (χ4n) is 2.08. The lowest BCUT2D eigenvalue weighted by Gasteiger charge is -2.21. The van der Waals surface area contributed by atoms with Crippen molar-refractivity contribution in [2.45, 2.75) is 18.6 Å². The average Bonchev–Trinajstić information content (AvgIpc) is 2.74. The second-order valence-corrected chi connectivity index (χ2v) is 5.53. The van der Waals surface area contributed by atoms with Crippen molar-refractivity contribution in [2.75, 3.05) is 6.54 Å². The Morgan fingerprint density at radius 2 is 2.05 bits per heavy atom. The van der Waals surface area contributed by atoms with Crippen LogP contribution in [0.3, 0.4) is 0 Å². The number of halogens is 1. The van der Waals surface area contributed by atoms with Gasteiger partial charge in [-0.3, -0.25) is 4.79 Å². The summed E-state index contributed by atoms with van der Waals surface area (Å²) >= 11 is 1.92. The molecule has 1 saturated heterocycles. The zero-order valence-corrected chi connectivity index (χ0v) is 11.9. The zero-order chi connectivity index (χ0) is 14.2. The first-order chi connectivity index (χ1) is 8.90. The molecule has 1 heterocycles. The van der Waals surface area contributed by atoms with Crippen LogP contribution < -0.4 is 0 Å². The zero-order valence-electron chi connectivity index (χ0n) is 9.78. The number of carboxylic acid groups (broad SMARTS) is 1. The normalized spacial score (nSPS) is 22.5. The van der Waals surface area contributed by atoms with Crippen molar-refractivity contribution in [1.29, 1.82) is 0 Å². The Morgan fingerprint density at radius 1 is 1.37 bits per heavy atom. The van der Waals surface area contributed by atoms with E-state index in [2.05, 4.69) is 0 Å². The van der Waals surface area contributed by atoms with Gasteiger partial charge in [0.05, 0.1) is 9.67 Å². The number of β-amino-alcohol motifs (C(OH)–C–C–N with tert-alkyl or cyclic N) is 1. The van der Waals surface area contributed by atoms with Gasteiger partial charge in [0.2, 0.25) is 0 Å². The van der Waals surface area contributed by atoms with Crippen LogP contribution in [0.1, 0.15) is 16.8 Å². The van der Waals surface area contributed by atoms with Gasteiger partial charge in [0.15, 0.2) is 0 Å². The number of nitrogens with zero attached hydrogens (tertiary/aromatic N) is 1. The molecule has 6 nitrogen and oxygen atoms in total. The van der Waals surface area contributed by atoms with Crippen LogP contribution in [-0.2, 0) is 4.79 Å². The van der Waals surface area contributed by atoms with Gasteiger partial charge in [0.1, 0.15) is 11.8 Å². The minimum atomic E-state index is -1.14. The molecule has 3 N–H and O–H groups in total. The molecule has 1 amide bonds. The average molecular weight is 377 g/mol. The molecule has 1 aliphatic heterocycles. The SMILES string of the molecule is O=C(O)[C@@H]1C[C@@H](O)CN1C(=O)c1ccc(I)c(O)c1. The number of hydrogen-bond acceptors (Lipinski definition) is 4. The number of aliphatic hydroxyl groups is 1. The highest BCUT2D eigenvalue weighted by Gasteiger charge is 2.39. The largest absolute Gasteiger partial charge is 0.507 e. The van der Waals surface area contributed by atoms with E-state index in [1.54, 1.807) is 6.07 Å². The quantitative estimate of drug-likeness (QED) is 0.658. The lowest BCUT2D eigenvalue weighted by atomic mass is 10.1. The van der Waals surface area contributed by atoms with Gasteiger partial charge in [0.25, 0.3) is 5.91 Å². The van der Waals surface area contributed by atoms with Crippen molar-refractivity contribution in [1.82, 2.24) is 4.90 Å². The van der Waals surface area contributed by atoms with Crippen molar-refractivity contribution >= 4 is 34.5 Å². The molecule has 1 aromatic carbocycles. The third kappa shape index (κ3) is 2.81. The standard InChI is InChI=1S/C12H12INO5/c13-8-2-1-6(3-10(8)16)11(17)14-5-7(15)4-9(14)12(18)19/h1-3,7,9,15-16H,4-5H2,(H,18,19)/t7-,9+/m1/s1. The fraction of sp³-hybridized carbons (Fsp3) is 0.333. The van der Waals surface area contributed by atoms with Crippen molar-refractivity contribution in [3.63, 3.8) is 0 Å². The third-order valence-corrected chi connectivity index (χ3v) is 3.93. The summed E-state index contributed by atoms with van der Waals surface area (Å²) < 4.78 is 0.602. The van der Waals surface area contributed by atoms with Gasteiger partial charge < -0.3 is 20.2 Å². The van der Waals surface area contributed by atoms with Crippen molar-refractivity contribution in [3.8, 4) is 5.75 Å². The number of benzene rings is 1. The molecule has 102 valence electrons. The first-order valence-electron chi connectivity index (χ1n) is 5.60. The number of carbonyl (C=O) groups is 2. The lowest BCUT2D eigenvalue weighted by Crippen LogP contribution is -2.40. The van der Waals surface area contributed by atoms with Gasteiger partial charge >= 0.3 is 5.97 Å². The molecule has 2 atom stereocenters. The number of carbonyl (C=O) groups excluding carboxylic acids is 1. The van der Waals surface area contributed by atoms with Gasteiger partial charge in [0, 0.05) is 18.5 Å². The van der Waals surface area contributed by atoms with E-state index < -0.39 is 24.0 Å². The lowest BCUT2D eigenvalue weighted by molar-refractivity contribution is -0.141. The smallest absolute Gasteiger partial charge is 0.326 e. The molecule has 0 radical (unpaired) electrons. The van der Waals surface area contributed by atoms with Gasteiger partial charge in [-0.2, -0.15) is 0 Å². The van der Waals surface area contributed by atoms with Crippen LogP contribution in [0, 0.1) is 3.57 Å². The Balaban J connectivity index is 2.27. The predicted octanol–water partition coefficient (Wildman–Crippen LogP) is 0.657. The Labute approximate surface area is 122 Å². The monoisotopic (exact) mass is 377 g/mol. The van der Waals surface area contributed by atoms with Crippen LogP contribution >= 0.6 is 22.6 Å². The minimum absolute atomic E-state index is 0.0114. The first-order valence-corrected chi connectivity index (χ1v) is 6.68. The molecule has 19 heavy (non-hydrogen) atoms. The molecule has 1 fully saturated rings. The molecule has 1 aromatic rings. The van der Waals surface area contributed by atoms with E-state index in [4.69, 9.17) is 5.11 Å². The molecular weight excluding hydrogens is 365 g/mol. The van der Waals surface area contributed by atoms with Crippen molar-refractivity contribution in [2.24, 2.45) is 0 Å². The van der Waals surface area contributed by atoms with E-state index in [1.807, 2.05) is 22.6 Å². The molecule has 0 bridgehead atoms. The molecule has 2 rings (SSSR count). The number of aromatic hydroxyl groups is 1. The summed E-state index contributed by atoms with van der Waals surface area (Å²) in [5, 5.41) is 28.1. The highest BCUT2D eigenvalue weighted by atomic mass is 127. The van der Waals surface area contributed by atoms with Crippen molar-refractivity contribution in [3.05, 3.63) is 27.3 Å². The maximum atomic E-state index is 12.2. The number of phenols is 1. The number of hydrogen-bond donors (Lipinski definition) is 3. The minimum Gasteiger partial charge on any atom is -0.507 e. The van der Waals surface area contributed by atoms with Crippen LogP contribution in [0.15, 0.2) is 18.2 Å². The van der Waals surface area contributed by atoms with Gasteiger partial charge in [-0.1, -0.05) is 0 Å². The van der Waals surface area contributed by atoms with Gasteiger partial charge in [-0.25, -0.2) is 4.79 Å². The summed E-state index contributed by atoms with van der Waals surface area (Å²) in [5.74, 6) is -1.67.